The van der Waals surface area contributed by atoms with Crippen LogP contribution in [0.1, 0.15) is 47.5 Å². The topological polar surface area (TPSA) is 58.2 Å². The summed E-state index contributed by atoms with van der Waals surface area (Å²) in [6.07, 6.45) is 1.01. The Bertz CT molecular complexity index is 995. The monoisotopic (exact) mass is 414 g/mol. The number of halogens is 1. The van der Waals surface area contributed by atoms with Gasteiger partial charge in [-0.25, -0.2) is 0 Å². The van der Waals surface area contributed by atoms with Crippen molar-refractivity contribution in [1.82, 2.24) is 10.9 Å². The van der Waals surface area contributed by atoms with Crippen LogP contribution in [0.2, 0.25) is 5.02 Å². The molecule has 0 aliphatic heterocycles. The number of hydrazine groups is 1. The van der Waals surface area contributed by atoms with Crippen molar-refractivity contribution in [2.24, 2.45) is 5.92 Å². The van der Waals surface area contributed by atoms with Gasteiger partial charge in [0, 0.05) is 10.1 Å². The van der Waals surface area contributed by atoms with Crippen LogP contribution in [-0.4, -0.2) is 11.8 Å². The fraction of sp³-hybridized carbons (Fsp3) is 0.273. The van der Waals surface area contributed by atoms with Gasteiger partial charge in [0.05, 0.1) is 10.9 Å². The molecule has 4 nitrogen and oxygen atoms in total. The quantitative estimate of drug-likeness (QED) is 0.555. The van der Waals surface area contributed by atoms with Crippen molar-refractivity contribution in [3.63, 3.8) is 0 Å². The van der Waals surface area contributed by atoms with Crippen LogP contribution in [0, 0.1) is 5.92 Å². The van der Waals surface area contributed by atoms with Crippen LogP contribution in [0.3, 0.4) is 0 Å². The van der Waals surface area contributed by atoms with Gasteiger partial charge in [-0.3, -0.25) is 20.4 Å². The number of fused-ring (bicyclic) bond motifs is 1. The lowest BCUT2D eigenvalue weighted by atomic mass is 9.96. The number of nitrogens with one attached hydrogen (secondary N) is 2. The molecule has 1 heterocycles. The largest absolute Gasteiger partial charge is 0.281 e. The Morgan fingerprint density at radius 1 is 1.00 bits per heavy atom. The predicted molar refractivity (Wildman–Crippen MR) is 116 cm³/mol. The number of benzene rings is 2. The lowest BCUT2D eigenvalue weighted by molar-refractivity contribution is -0.123. The first-order valence-corrected chi connectivity index (χ1v) is 10.4. The van der Waals surface area contributed by atoms with E-state index >= 15 is 0 Å². The minimum Gasteiger partial charge on any atom is -0.273 e. The molecule has 0 saturated heterocycles. The summed E-state index contributed by atoms with van der Waals surface area (Å²) < 4.78 is 0.929. The summed E-state index contributed by atoms with van der Waals surface area (Å²) in [5, 5.41) is 1.24. The molecule has 2 amide bonds. The molecule has 0 aliphatic carbocycles. The van der Waals surface area contributed by atoms with Gasteiger partial charge < -0.3 is 0 Å². The Labute approximate surface area is 173 Å². The highest BCUT2D eigenvalue weighted by molar-refractivity contribution is 7.21. The van der Waals surface area contributed by atoms with E-state index < -0.39 is 5.91 Å². The molecule has 1 atom stereocenters. The number of hydrogen-bond donors (Lipinski definition) is 2. The van der Waals surface area contributed by atoms with E-state index in [1.165, 1.54) is 16.9 Å². The second kappa shape index (κ2) is 8.76. The highest BCUT2D eigenvalue weighted by Gasteiger charge is 2.19. The maximum atomic E-state index is 12.4. The maximum Gasteiger partial charge on any atom is 0.281 e. The number of carbonyl (C=O) groups is 2. The number of hydrogen-bond acceptors (Lipinski definition) is 3. The third-order valence-corrected chi connectivity index (χ3v) is 6.23. The van der Waals surface area contributed by atoms with Gasteiger partial charge in [-0.05, 0) is 36.5 Å². The van der Waals surface area contributed by atoms with Gasteiger partial charge in [0.15, 0.2) is 0 Å². The minimum atomic E-state index is -0.418. The lowest BCUT2D eigenvalue weighted by Gasteiger charge is -2.14. The molecule has 2 aromatic carbocycles. The summed E-state index contributed by atoms with van der Waals surface area (Å²) in [5.41, 5.74) is 7.13. The highest BCUT2D eigenvalue weighted by Crippen LogP contribution is 2.34. The van der Waals surface area contributed by atoms with Gasteiger partial charge in [0.1, 0.15) is 4.88 Å². The molecular formula is C22H23ClN2O2S. The van der Waals surface area contributed by atoms with Gasteiger partial charge in [-0.1, -0.05) is 67.9 Å². The Kier molecular flexibility index (Phi) is 6.37. The fourth-order valence-corrected chi connectivity index (χ4v) is 4.42. The second-order valence-corrected chi connectivity index (χ2v) is 8.68. The van der Waals surface area contributed by atoms with Crippen LogP contribution in [0.5, 0.6) is 0 Å². The molecule has 0 radical (unpaired) electrons. The predicted octanol–water partition coefficient (Wildman–Crippen LogP) is 5.32. The standard InChI is InChI=1S/C22H23ClN2O2S/c1-13(2)12-15-8-10-16(11-9-15)14(3)21(26)24-25-22(27)20-19(23)17-6-4-5-7-18(17)28-20/h4-11,13-14H,12H2,1-3H3,(H,24,26)(H,25,27). The third kappa shape index (κ3) is 4.54. The summed E-state index contributed by atoms with van der Waals surface area (Å²) in [6, 6.07) is 15.6. The zero-order chi connectivity index (χ0) is 20.3. The average Bonchev–Trinajstić information content (AvgIpc) is 3.02. The molecule has 1 aromatic heterocycles. The molecule has 3 rings (SSSR count). The molecule has 2 N–H and O–H groups in total. The van der Waals surface area contributed by atoms with E-state index in [-0.39, 0.29) is 11.8 Å². The van der Waals surface area contributed by atoms with Crippen molar-refractivity contribution in [2.75, 3.05) is 0 Å². The first-order valence-electron chi connectivity index (χ1n) is 9.23. The van der Waals surface area contributed by atoms with Gasteiger partial charge in [-0.2, -0.15) is 0 Å². The van der Waals surface area contributed by atoms with Gasteiger partial charge >= 0.3 is 0 Å². The van der Waals surface area contributed by atoms with E-state index in [4.69, 9.17) is 11.6 Å². The minimum absolute atomic E-state index is 0.276. The van der Waals surface area contributed by atoms with Crippen LogP contribution in [0.15, 0.2) is 48.5 Å². The summed E-state index contributed by atoms with van der Waals surface area (Å²) in [7, 11) is 0. The molecular weight excluding hydrogens is 392 g/mol. The Balaban J connectivity index is 1.62. The molecule has 0 bridgehead atoms. The smallest absolute Gasteiger partial charge is 0.273 e. The van der Waals surface area contributed by atoms with Crippen LogP contribution >= 0.6 is 22.9 Å². The molecule has 3 aromatic rings. The molecule has 0 saturated carbocycles. The van der Waals surface area contributed by atoms with E-state index in [1.54, 1.807) is 0 Å². The van der Waals surface area contributed by atoms with Crippen molar-refractivity contribution in [3.05, 3.63) is 69.6 Å². The lowest BCUT2D eigenvalue weighted by Crippen LogP contribution is -2.43. The second-order valence-electron chi connectivity index (χ2n) is 7.25. The van der Waals surface area contributed by atoms with E-state index in [0.717, 1.165) is 22.1 Å². The normalized spacial score (nSPS) is 12.2. The Hall–Kier alpha value is -2.37. The highest BCUT2D eigenvalue weighted by atomic mass is 35.5. The molecule has 28 heavy (non-hydrogen) atoms. The van der Waals surface area contributed by atoms with E-state index in [0.29, 0.717) is 15.8 Å². The van der Waals surface area contributed by atoms with Crippen molar-refractivity contribution in [3.8, 4) is 0 Å². The molecule has 0 spiro atoms. The van der Waals surface area contributed by atoms with Crippen molar-refractivity contribution in [1.29, 1.82) is 0 Å². The molecule has 6 heteroatoms. The van der Waals surface area contributed by atoms with Gasteiger partial charge in [0.25, 0.3) is 5.91 Å². The third-order valence-electron chi connectivity index (χ3n) is 4.56. The first kappa shape index (κ1) is 20.4. The van der Waals surface area contributed by atoms with E-state index in [9.17, 15) is 9.59 Å². The number of thiophene rings is 1. The van der Waals surface area contributed by atoms with Gasteiger partial charge in [0.2, 0.25) is 5.91 Å². The Morgan fingerprint density at radius 3 is 2.32 bits per heavy atom. The molecule has 0 aliphatic rings. The van der Waals surface area contributed by atoms with Crippen LogP contribution < -0.4 is 10.9 Å². The number of rotatable bonds is 5. The van der Waals surface area contributed by atoms with Crippen LogP contribution in [0.4, 0.5) is 0 Å². The molecule has 146 valence electrons. The van der Waals surface area contributed by atoms with Crippen LogP contribution in [0.25, 0.3) is 10.1 Å². The van der Waals surface area contributed by atoms with E-state index in [1.807, 2.05) is 43.3 Å². The number of carbonyl (C=O) groups excluding carboxylic acids is 2. The summed E-state index contributed by atoms with van der Waals surface area (Å²) >= 11 is 7.61. The van der Waals surface area contributed by atoms with Crippen molar-refractivity contribution in [2.45, 2.75) is 33.1 Å². The molecule has 1 unspecified atom stereocenters. The summed E-state index contributed by atoms with van der Waals surface area (Å²) in [4.78, 5) is 25.3. The maximum absolute atomic E-state index is 12.4. The molecule has 0 fully saturated rings. The zero-order valence-electron chi connectivity index (χ0n) is 16.1. The van der Waals surface area contributed by atoms with Crippen molar-refractivity contribution < 1.29 is 9.59 Å². The zero-order valence-corrected chi connectivity index (χ0v) is 17.7. The van der Waals surface area contributed by atoms with Crippen LogP contribution in [-0.2, 0) is 11.2 Å². The summed E-state index contributed by atoms with van der Waals surface area (Å²) in [6.45, 7) is 6.16. The Morgan fingerprint density at radius 2 is 1.68 bits per heavy atom. The number of amides is 2. The van der Waals surface area contributed by atoms with Crippen molar-refractivity contribution >= 4 is 44.8 Å². The fourth-order valence-electron chi connectivity index (χ4n) is 3.01. The van der Waals surface area contributed by atoms with Gasteiger partial charge in [-0.15, -0.1) is 11.3 Å². The van der Waals surface area contributed by atoms with E-state index in [2.05, 4.69) is 36.8 Å². The summed E-state index contributed by atoms with van der Waals surface area (Å²) in [5.74, 6) is -0.491. The SMILES string of the molecule is CC(C)Cc1ccc(C(C)C(=O)NNC(=O)c2sc3ccccc3c2Cl)cc1. The first-order chi connectivity index (χ1) is 13.4. The average molecular weight is 415 g/mol.